The molecule has 18 heavy (non-hydrogen) atoms. The van der Waals surface area contributed by atoms with Gasteiger partial charge in [0.1, 0.15) is 5.82 Å². The molecule has 2 rings (SSSR count). The highest BCUT2D eigenvalue weighted by Crippen LogP contribution is 2.22. The lowest BCUT2D eigenvalue weighted by Gasteiger charge is -2.16. The maximum absolute atomic E-state index is 12.9. The van der Waals surface area contributed by atoms with Crippen LogP contribution in [-0.4, -0.2) is 6.54 Å². The predicted octanol–water partition coefficient (Wildman–Crippen LogP) is 3.42. The van der Waals surface area contributed by atoms with Gasteiger partial charge in [0, 0.05) is 5.92 Å². The van der Waals surface area contributed by atoms with E-state index >= 15 is 0 Å². The fourth-order valence-electron chi connectivity index (χ4n) is 2.18. The van der Waals surface area contributed by atoms with Gasteiger partial charge in [0.15, 0.2) is 0 Å². The third-order valence-electron chi connectivity index (χ3n) is 3.35. The Bertz CT molecular complexity index is 505. The minimum Gasteiger partial charge on any atom is -0.330 e. The Balaban J connectivity index is 2.20. The van der Waals surface area contributed by atoms with Crippen molar-refractivity contribution in [2.75, 3.05) is 6.54 Å². The quantitative estimate of drug-likeness (QED) is 0.874. The van der Waals surface area contributed by atoms with Gasteiger partial charge in [-0.2, -0.15) is 0 Å². The maximum Gasteiger partial charge on any atom is 0.123 e. The Hall–Kier alpha value is -1.67. The van der Waals surface area contributed by atoms with E-state index in [2.05, 4.69) is 19.1 Å². The molecule has 1 nitrogen and oxygen atoms in total. The molecule has 0 bridgehead atoms. The van der Waals surface area contributed by atoms with Crippen LogP contribution in [0.25, 0.3) is 0 Å². The van der Waals surface area contributed by atoms with Crippen molar-refractivity contribution in [1.82, 2.24) is 0 Å². The van der Waals surface area contributed by atoms with Gasteiger partial charge in [0.2, 0.25) is 0 Å². The molecule has 0 radical (unpaired) electrons. The van der Waals surface area contributed by atoms with Crippen molar-refractivity contribution in [2.45, 2.75) is 19.3 Å². The first kappa shape index (κ1) is 12.8. The van der Waals surface area contributed by atoms with Gasteiger partial charge in [-0.1, -0.05) is 36.4 Å². The van der Waals surface area contributed by atoms with E-state index in [4.69, 9.17) is 5.73 Å². The topological polar surface area (TPSA) is 26.0 Å². The average molecular weight is 243 g/mol. The number of rotatable bonds is 4. The van der Waals surface area contributed by atoms with E-state index < -0.39 is 0 Å². The second-order valence-corrected chi connectivity index (χ2v) is 4.61. The van der Waals surface area contributed by atoms with E-state index in [-0.39, 0.29) is 11.7 Å². The normalized spacial score (nSPS) is 12.4. The van der Waals surface area contributed by atoms with Crippen LogP contribution in [0.2, 0.25) is 0 Å². The molecule has 0 aliphatic rings. The average Bonchev–Trinajstić information content (AvgIpc) is 2.39. The minimum absolute atomic E-state index is 0.203. The van der Waals surface area contributed by atoms with E-state index in [1.807, 2.05) is 24.3 Å². The summed E-state index contributed by atoms with van der Waals surface area (Å²) < 4.78 is 12.9. The molecule has 0 aliphatic carbocycles. The lowest BCUT2D eigenvalue weighted by molar-refractivity contribution is 0.623. The Morgan fingerprint density at radius 3 is 2.33 bits per heavy atom. The lowest BCUT2D eigenvalue weighted by atomic mass is 9.90. The number of nitrogens with two attached hydrogens (primary N) is 1. The number of aryl methyl sites for hydroxylation is 1. The van der Waals surface area contributed by atoms with Gasteiger partial charge in [-0.15, -0.1) is 0 Å². The summed E-state index contributed by atoms with van der Waals surface area (Å²) in [7, 11) is 0. The summed E-state index contributed by atoms with van der Waals surface area (Å²) in [6, 6.07) is 15.0. The summed E-state index contributed by atoms with van der Waals surface area (Å²) in [4.78, 5) is 0. The highest BCUT2D eigenvalue weighted by atomic mass is 19.1. The van der Waals surface area contributed by atoms with Gasteiger partial charge in [-0.05, 0) is 48.7 Å². The van der Waals surface area contributed by atoms with Crippen LogP contribution in [0.1, 0.15) is 22.6 Å². The summed E-state index contributed by atoms with van der Waals surface area (Å²) in [6.45, 7) is 2.67. The first-order valence-electron chi connectivity index (χ1n) is 6.20. The van der Waals surface area contributed by atoms with E-state index in [1.54, 1.807) is 0 Å². The Morgan fingerprint density at radius 1 is 1.06 bits per heavy atom. The van der Waals surface area contributed by atoms with Crippen molar-refractivity contribution >= 4 is 0 Å². The van der Waals surface area contributed by atoms with E-state index in [0.717, 1.165) is 12.0 Å². The number of hydrogen-bond donors (Lipinski definition) is 1. The fraction of sp³-hybridized carbons (Fsp3) is 0.250. The second-order valence-electron chi connectivity index (χ2n) is 4.61. The molecule has 0 heterocycles. The first-order chi connectivity index (χ1) is 8.70. The number of halogens is 1. The Labute approximate surface area is 107 Å². The standard InChI is InChI=1S/C16H18FN/c1-12-4-2-3-5-14(12)10-15(11-18)13-6-8-16(17)9-7-13/h2-9,15H,10-11,18H2,1H3. The van der Waals surface area contributed by atoms with Crippen LogP contribution in [0.4, 0.5) is 4.39 Å². The molecule has 94 valence electrons. The molecule has 2 heteroatoms. The number of benzene rings is 2. The zero-order chi connectivity index (χ0) is 13.0. The SMILES string of the molecule is Cc1ccccc1CC(CN)c1ccc(F)cc1. The van der Waals surface area contributed by atoms with Gasteiger partial charge in [-0.3, -0.25) is 0 Å². The van der Waals surface area contributed by atoms with Gasteiger partial charge < -0.3 is 5.73 Å². The molecule has 2 aromatic carbocycles. The van der Waals surface area contributed by atoms with Crippen LogP contribution in [0.5, 0.6) is 0 Å². The molecular weight excluding hydrogens is 225 g/mol. The molecule has 0 amide bonds. The molecule has 0 saturated carbocycles. The van der Waals surface area contributed by atoms with Crippen LogP contribution in [0, 0.1) is 12.7 Å². The lowest BCUT2D eigenvalue weighted by Crippen LogP contribution is -2.15. The molecule has 0 saturated heterocycles. The van der Waals surface area contributed by atoms with Crippen molar-refractivity contribution in [3.05, 3.63) is 71.0 Å². The van der Waals surface area contributed by atoms with Crippen LogP contribution in [0.3, 0.4) is 0 Å². The third kappa shape index (κ3) is 2.96. The molecule has 1 atom stereocenters. The summed E-state index contributed by atoms with van der Waals surface area (Å²) in [5.41, 5.74) is 9.53. The molecule has 2 N–H and O–H groups in total. The highest BCUT2D eigenvalue weighted by molar-refractivity contribution is 5.30. The van der Waals surface area contributed by atoms with Crippen molar-refractivity contribution in [3.63, 3.8) is 0 Å². The highest BCUT2D eigenvalue weighted by Gasteiger charge is 2.11. The summed E-state index contributed by atoms with van der Waals surface area (Å²) in [6.07, 6.45) is 0.898. The van der Waals surface area contributed by atoms with Crippen LogP contribution >= 0.6 is 0 Å². The monoisotopic (exact) mass is 243 g/mol. The van der Waals surface area contributed by atoms with E-state index in [0.29, 0.717) is 6.54 Å². The predicted molar refractivity (Wildman–Crippen MR) is 73.1 cm³/mol. The Kier molecular flexibility index (Phi) is 4.11. The minimum atomic E-state index is -0.203. The van der Waals surface area contributed by atoms with Gasteiger partial charge >= 0.3 is 0 Å². The van der Waals surface area contributed by atoms with Crippen LogP contribution in [-0.2, 0) is 6.42 Å². The van der Waals surface area contributed by atoms with E-state index in [9.17, 15) is 4.39 Å². The molecule has 0 aliphatic heterocycles. The maximum atomic E-state index is 12.9. The zero-order valence-electron chi connectivity index (χ0n) is 10.6. The molecular formula is C16H18FN. The fourth-order valence-corrected chi connectivity index (χ4v) is 2.18. The molecule has 0 fully saturated rings. The molecule has 2 aromatic rings. The van der Waals surface area contributed by atoms with Crippen molar-refractivity contribution in [2.24, 2.45) is 5.73 Å². The number of hydrogen-bond acceptors (Lipinski definition) is 1. The molecule has 0 spiro atoms. The largest absolute Gasteiger partial charge is 0.330 e. The molecule has 0 aromatic heterocycles. The second kappa shape index (κ2) is 5.78. The van der Waals surface area contributed by atoms with Crippen molar-refractivity contribution < 1.29 is 4.39 Å². The van der Waals surface area contributed by atoms with Crippen LogP contribution in [0.15, 0.2) is 48.5 Å². The van der Waals surface area contributed by atoms with Crippen molar-refractivity contribution in [3.8, 4) is 0 Å². The smallest absolute Gasteiger partial charge is 0.123 e. The van der Waals surface area contributed by atoms with E-state index in [1.165, 1.54) is 23.3 Å². The summed E-state index contributed by atoms with van der Waals surface area (Å²) in [5.74, 6) is 0.0390. The van der Waals surface area contributed by atoms with Gasteiger partial charge in [0.05, 0.1) is 0 Å². The van der Waals surface area contributed by atoms with Crippen LogP contribution < -0.4 is 5.73 Å². The van der Waals surface area contributed by atoms with Gasteiger partial charge in [-0.25, -0.2) is 4.39 Å². The third-order valence-corrected chi connectivity index (χ3v) is 3.35. The van der Waals surface area contributed by atoms with Crippen molar-refractivity contribution in [1.29, 1.82) is 0 Å². The first-order valence-corrected chi connectivity index (χ1v) is 6.20. The summed E-state index contributed by atoms with van der Waals surface area (Å²) >= 11 is 0. The molecule has 1 unspecified atom stereocenters. The zero-order valence-corrected chi connectivity index (χ0v) is 10.6. The Morgan fingerprint density at radius 2 is 1.72 bits per heavy atom. The summed E-state index contributed by atoms with van der Waals surface area (Å²) in [5, 5.41) is 0. The van der Waals surface area contributed by atoms with Gasteiger partial charge in [0.25, 0.3) is 0 Å².